The molecular weight excluding hydrogens is 298 g/mol. The van der Waals surface area contributed by atoms with Crippen LogP contribution >= 0.6 is 11.3 Å². The molecule has 1 aromatic heterocycles. The Balaban J connectivity index is 2.38. The van der Waals surface area contributed by atoms with Gasteiger partial charge in [-0.25, -0.2) is 9.98 Å². The fourth-order valence-electron chi connectivity index (χ4n) is 1.71. The van der Waals surface area contributed by atoms with Crippen molar-refractivity contribution in [3.8, 4) is 0 Å². The van der Waals surface area contributed by atoms with Crippen LogP contribution in [0.1, 0.15) is 43.5 Å². The van der Waals surface area contributed by atoms with Crippen molar-refractivity contribution in [3.63, 3.8) is 0 Å². The summed E-state index contributed by atoms with van der Waals surface area (Å²) in [5, 5.41) is 10.3. The Morgan fingerprint density at radius 3 is 2.77 bits per heavy atom. The summed E-state index contributed by atoms with van der Waals surface area (Å²) in [5.74, 6) is 0.778. The Hall–Kier alpha value is -1.63. The predicted octanol–water partition coefficient (Wildman–Crippen LogP) is 1.81. The molecule has 0 radical (unpaired) electrons. The second kappa shape index (κ2) is 10.2. The van der Waals surface area contributed by atoms with E-state index < -0.39 is 0 Å². The lowest BCUT2D eigenvalue weighted by molar-refractivity contribution is -0.121. The fourth-order valence-corrected chi connectivity index (χ4v) is 2.42. The highest BCUT2D eigenvalue weighted by Crippen LogP contribution is 2.11. The molecule has 1 aromatic rings. The first kappa shape index (κ1) is 18.4. The van der Waals surface area contributed by atoms with E-state index in [-0.39, 0.29) is 11.9 Å². The summed E-state index contributed by atoms with van der Waals surface area (Å²) in [5.41, 5.74) is 0. The van der Waals surface area contributed by atoms with Gasteiger partial charge in [0.1, 0.15) is 5.01 Å². The molecule has 124 valence electrons. The molecule has 0 spiro atoms. The zero-order chi connectivity index (χ0) is 16.4. The number of carbonyl (C=O) groups is 1. The maximum atomic E-state index is 11.7. The van der Waals surface area contributed by atoms with Crippen molar-refractivity contribution in [3.05, 3.63) is 16.1 Å². The van der Waals surface area contributed by atoms with Crippen molar-refractivity contribution in [2.24, 2.45) is 4.99 Å². The summed E-state index contributed by atoms with van der Waals surface area (Å²) in [6.07, 6.45) is 3.23. The van der Waals surface area contributed by atoms with Crippen molar-refractivity contribution in [2.75, 3.05) is 13.1 Å². The molecule has 1 heterocycles. The van der Waals surface area contributed by atoms with E-state index in [1.165, 1.54) is 4.88 Å². The Kier molecular flexibility index (Phi) is 8.50. The Morgan fingerprint density at radius 1 is 1.41 bits per heavy atom. The molecule has 1 atom stereocenters. The van der Waals surface area contributed by atoms with Crippen molar-refractivity contribution in [1.29, 1.82) is 0 Å². The van der Waals surface area contributed by atoms with E-state index in [1.54, 1.807) is 11.3 Å². The number of aromatic nitrogens is 1. The van der Waals surface area contributed by atoms with Crippen LogP contribution in [0.15, 0.2) is 11.2 Å². The van der Waals surface area contributed by atoms with Crippen molar-refractivity contribution >= 4 is 23.2 Å². The number of amides is 1. The lowest BCUT2D eigenvalue weighted by Crippen LogP contribution is -2.40. The summed E-state index contributed by atoms with van der Waals surface area (Å²) >= 11 is 1.65. The highest BCUT2D eigenvalue weighted by Gasteiger charge is 2.06. The van der Waals surface area contributed by atoms with Gasteiger partial charge in [-0.3, -0.25) is 4.79 Å². The van der Waals surface area contributed by atoms with E-state index >= 15 is 0 Å². The van der Waals surface area contributed by atoms with Crippen LogP contribution in [0.5, 0.6) is 0 Å². The summed E-state index contributed by atoms with van der Waals surface area (Å²) in [4.78, 5) is 21.7. The Labute approximate surface area is 136 Å². The third-order valence-corrected chi connectivity index (χ3v) is 3.95. The minimum atomic E-state index is 0.0632. The predicted molar refractivity (Wildman–Crippen MR) is 92.2 cm³/mol. The van der Waals surface area contributed by atoms with Crippen LogP contribution in [0, 0.1) is 6.92 Å². The first-order valence-corrected chi connectivity index (χ1v) is 8.59. The van der Waals surface area contributed by atoms with Gasteiger partial charge in [0.2, 0.25) is 5.91 Å². The van der Waals surface area contributed by atoms with Crippen molar-refractivity contribution < 1.29 is 4.79 Å². The SMILES string of the molecule is CCNC(=NCc1ncc(C)s1)NCCC(=O)NC(C)CC. The molecule has 0 fully saturated rings. The zero-order valence-electron chi connectivity index (χ0n) is 13.9. The third-order valence-electron chi connectivity index (χ3n) is 3.05. The zero-order valence-corrected chi connectivity index (χ0v) is 14.7. The highest BCUT2D eigenvalue weighted by atomic mass is 32.1. The second-order valence-corrected chi connectivity index (χ2v) is 6.43. The van der Waals surface area contributed by atoms with E-state index in [2.05, 4.69) is 32.9 Å². The van der Waals surface area contributed by atoms with Crippen LogP contribution in [0.3, 0.4) is 0 Å². The highest BCUT2D eigenvalue weighted by molar-refractivity contribution is 7.11. The fraction of sp³-hybridized carbons (Fsp3) is 0.667. The molecule has 6 nitrogen and oxygen atoms in total. The van der Waals surface area contributed by atoms with E-state index in [1.807, 2.05) is 27.0 Å². The van der Waals surface area contributed by atoms with Crippen LogP contribution in [0.25, 0.3) is 0 Å². The van der Waals surface area contributed by atoms with Crippen LogP contribution in [0.2, 0.25) is 0 Å². The minimum Gasteiger partial charge on any atom is -0.357 e. The van der Waals surface area contributed by atoms with Gasteiger partial charge >= 0.3 is 0 Å². The number of aliphatic imine (C=N–C) groups is 1. The van der Waals surface area contributed by atoms with Gasteiger partial charge in [-0.05, 0) is 27.2 Å². The molecule has 0 saturated carbocycles. The molecule has 1 unspecified atom stereocenters. The largest absolute Gasteiger partial charge is 0.357 e. The molecule has 0 aliphatic rings. The summed E-state index contributed by atoms with van der Waals surface area (Å²) < 4.78 is 0. The average Bonchev–Trinajstić information content (AvgIpc) is 2.90. The first-order valence-electron chi connectivity index (χ1n) is 7.78. The van der Waals surface area contributed by atoms with Crippen LogP contribution in [-0.4, -0.2) is 36.0 Å². The third kappa shape index (κ3) is 7.40. The summed E-state index contributed by atoms with van der Waals surface area (Å²) in [6, 6.07) is 0.225. The number of nitrogens with one attached hydrogen (secondary N) is 3. The standard InChI is InChI=1S/C15H27N5OS/c1-5-11(3)20-13(21)7-8-17-15(16-6-2)19-10-14-18-9-12(4)22-14/h9,11H,5-8,10H2,1-4H3,(H,20,21)(H2,16,17,19). The molecule has 7 heteroatoms. The summed E-state index contributed by atoms with van der Waals surface area (Å²) in [6.45, 7) is 10.00. The number of carbonyl (C=O) groups excluding carboxylic acids is 1. The molecular formula is C15H27N5OS. The number of guanidine groups is 1. The van der Waals surface area contributed by atoms with Gasteiger partial charge in [-0.2, -0.15) is 0 Å². The van der Waals surface area contributed by atoms with E-state index in [9.17, 15) is 4.79 Å². The average molecular weight is 325 g/mol. The van der Waals surface area contributed by atoms with Gasteiger partial charge in [0.25, 0.3) is 0 Å². The lowest BCUT2D eigenvalue weighted by Gasteiger charge is -2.13. The molecule has 1 rings (SSSR count). The van der Waals surface area contributed by atoms with Crippen LogP contribution < -0.4 is 16.0 Å². The van der Waals surface area contributed by atoms with E-state index in [0.717, 1.165) is 18.0 Å². The molecule has 0 aliphatic carbocycles. The lowest BCUT2D eigenvalue weighted by atomic mass is 10.2. The molecule has 0 aromatic carbocycles. The Morgan fingerprint density at radius 2 is 2.18 bits per heavy atom. The molecule has 0 saturated heterocycles. The number of hydrogen-bond donors (Lipinski definition) is 3. The maximum absolute atomic E-state index is 11.7. The van der Waals surface area contributed by atoms with Crippen molar-refractivity contribution in [1.82, 2.24) is 20.9 Å². The number of hydrogen-bond acceptors (Lipinski definition) is 4. The molecule has 1 amide bonds. The summed E-state index contributed by atoms with van der Waals surface area (Å²) in [7, 11) is 0. The molecule has 3 N–H and O–H groups in total. The van der Waals surface area contributed by atoms with Crippen LogP contribution in [-0.2, 0) is 11.3 Å². The monoisotopic (exact) mass is 325 g/mol. The first-order chi connectivity index (χ1) is 10.5. The molecule has 22 heavy (non-hydrogen) atoms. The number of aryl methyl sites for hydroxylation is 1. The van der Waals surface area contributed by atoms with Gasteiger partial charge < -0.3 is 16.0 Å². The maximum Gasteiger partial charge on any atom is 0.221 e. The van der Waals surface area contributed by atoms with Gasteiger partial charge in [0, 0.05) is 36.6 Å². The number of rotatable bonds is 8. The van der Waals surface area contributed by atoms with Gasteiger partial charge in [0.05, 0.1) is 6.54 Å². The minimum absolute atomic E-state index is 0.0632. The van der Waals surface area contributed by atoms with E-state index in [4.69, 9.17) is 0 Å². The topological polar surface area (TPSA) is 78.4 Å². The van der Waals surface area contributed by atoms with Gasteiger partial charge in [0.15, 0.2) is 5.96 Å². The smallest absolute Gasteiger partial charge is 0.221 e. The van der Waals surface area contributed by atoms with Crippen molar-refractivity contribution in [2.45, 2.75) is 53.1 Å². The second-order valence-electron chi connectivity index (χ2n) is 5.11. The van der Waals surface area contributed by atoms with Crippen LogP contribution in [0.4, 0.5) is 0 Å². The quantitative estimate of drug-likeness (QED) is 0.503. The Bertz CT molecular complexity index is 486. The van der Waals surface area contributed by atoms with Gasteiger partial charge in [-0.15, -0.1) is 11.3 Å². The number of nitrogens with zero attached hydrogens (tertiary/aromatic N) is 2. The number of thiazole rings is 1. The van der Waals surface area contributed by atoms with E-state index in [0.29, 0.717) is 25.5 Å². The molecule has 0 bridgehead atoms. The normalized spacial score (nSPS) is 12.8. The van der Waals surface area contributed by atoms with Gasteiger partial charge in [-0.1, -0.05) is 6.92 Å². The molecule has 0 aliphatic heterocycles.